The Kier molecular flexibility index (Phi) is 5.59. The Hall–Kier alpha value is -1.46. The van der Waals surface area contributed by atoms with Crippen LogP contribution in [0, 0.1) is 0 Å². The van der Waals surface area contributed by atoms with Gasteiger partial charge in [-0.1, -0.05) is 53.3 Å². The molecular formula is C20H29NO3S. The molecule has 0 radical (unpaired) electrons. The third kappa shape index (κ3) is 4.39. The molecule has 0 aromatic heterocycles. The van der Waals surface area contributed by atoms with E-state index in [-0.39, 0.29) is 23.3 Å². The number of carbonyl (C=O) groups is 1. The highest BCUT2D eigenvalue weighted by Crippen LogP contribution is 2.41. The van der Waals surface area contributed by atoms with E-state index in [2.05, 4.69) is 41.5 Å². The maximum Gasteiger partial charge on any atom is 0.261 e. The van der Waals surface area contributed by atoms with Crippen LogP contribution in [0.5, 0.6) is 5.75 Å². The van der Waals surface area contributed by atoms with E-state index in [9.17, 15) is 9.90 Å². The molecule has 138 valence electrons. The summed E-state index contributed by atoms with van der Waals surface area (Å²) in [6, 6.07) is 3.94. The summed E-state index contributed by atoms with van der Waals surface area (Å²) in [6.45, 7) is 12.8. The van der Waals surface area contributed by atoms with Crippen molar-refractivity contribution in [2.75, 3.05) is 19.0 Å². The summed E-state index contributed by atoms with van der Waals surface area (Å²) in [6.07, 6.45) is 1.90. The van der Waals surface area contributed by atoms with E-state index >= 15 is 0 Å². The highest BCUT2D eigenvalue weighted by atomic mass is 32.2. The summed E-state index contributed by atoms with van der Waals surface area (Å²) in [5.74, 6) is 0.873. The molecule has 25 heavy (non-hydrogen) atoms. The second kappa shape index (κ2) is 7.04. The van der Waals surface area contributed by atoms with Crippen molar-refractivity contribution in [3.05, 3.63) is 33.7 Å². The molecule has 1 saturated heterocycles. The zero-order valence-corrected chi connectivity index (χ0v) is 16.8. The van der Waals surface area contributed by atoms with Gasteiger partial charge in [-0.3, -0.25) is 4.79 Å². The number of phenols is 1. The summed E-state index contributed by atoms with van der Waals surface area (Å²) in [4.78, 5) is 14.7. The van der Waals surface area contributed by atoms with Gasteiger partial charge in [-0.25, -0.2) is 0 Å². The number of rotatable bonds is 3. The highest BCUT2D eigenvalue weighted by molar-refractivity contribution is 8.04. The predicted molar refractivity (Wildman–Crippen MR) is 105 cm³/mol. The second-order valence-electron chi connectivity index (χ2n) is 8.54. The lowest BCUT2D eigenvalue weighted by atomic mass is 9.78. The smallest absolute Gasteiger partial charge is 0.261 e. The van der Waals surface area contributed by atoms with E-state index in [0.717, 1.165) is 16.7 Å². The van der Waals surface area contributed by atoms with Crippen LogP contribution in [-0.4, -0.2) is 40.0 Å². The summed E-state index contributed by atoms with van der Waals surface area (Å²) in [7, 11) is 0. The molecule has 4 nitrogen and oxygen atoms in total. The van der Waals surface area contributed by atoms with Crippen molar-refractivity contribution < 1.29 is 15.0 Å². The molecule has 2 rings (SSSR count). The number of carbonyl (C=O) groups excluding carboxylic acids is 1. The van der Waals surface area contributed by atoms with Gasteiger partial charge < -0.3 is 15.1 Å². The maximum absolute atomic E-state index is 12.4. The average molecular weight is 364 g/mol. The van der Waals surface area contributed by atoms with Gasteiger partial charge >= 0.3 is 0 Å². The first-order chi connectivity index (χ1) is 11.4. The third-order valence-electron chi connectivity index (χ3n) is 4.29. The molecule has 1 aromatic carbocycles. The maximum atomic E-state index is 12.4. The van der Waals surface area contributed by atoms with Gasteiger partial charge in [-0.05, 0) is 34.6 Å². The average Bonchev–Trinajstić information content (AvgIpc) is 2.80. The number of benzene rings is 1. The van der Waals surface area contributed by atoms with E-state index in [1.165, 1.54) is 11.8 Å². The normalized spacial score (nSPS) is 17.6. The van der Waals surface area contributed by atoms with Crippen LogP contribution in [0.3, 0.4) is 0 Å². The predicted octanol–water partition coefficient (Wildman–Crippen LogP) is 3.85. The Morgan fingerprint density at radius 2 is 1.64 bits per heavy atom. The molecule has 1 fully saturated rings. The first-order valence-corrected chi connectivity index (χ1v) is 9.56. The first-order valence-electron chi connectivity index (χ1n) is 8.57. The molecule has 2 N–H and O–H groups in total. The number of hydrogen-bond acceptors (Lipinski definition) is 4. The molecule has 0 aliphatic carbocycles. The lowest BCUT2D eigenvalue weighted by Gasteiger charge is -2.28. The Balaban J connectivity index is 2.52. The zero-order valence-electron chi connectivity index (χ0n) is 16.0. The molecule has 1 aliphatic rings. The number of aliphatic hydroxyl groups is 1. The van der Waals surface area contributed by atoms with Crippen molar-refractivity contribution in [3.8, 4) is 5.75 Å². The van der Waals surface area contributed by atoms with Crippen molar-refractivity contribution in [1.82, 2.24) is 4.90 Å². The number of phenolic OH excluding ortho intramolecular Hbond substituents is 1. The largest absolute Gasteiger partial charge is 0.507 e. The molecule has 0 unspecified atom stereocenters. The van der Waals surface area contributed by atoms with Crippen molar-refractivity contribution in [1.29, 1.82) is 0 Å². The van der Waals surface area contributed by atoms with Gasteiger partial charge in [-0.15, -0.1) is 0 Å². The number of aromatic hydroxyl groups is 1. The molecule has 0 atom stereocenters. The number of hydrogen-bond donors (Lipinski definition) is 2. The van der Waals surface area contributed by atoms with E-state index in [1.807, 2.05) is 18.2 Å². The number of aliphatic hydroxyl groups excluding tert-OH is 1. The molecule has 0 bridgehead atoms. The first kappa shape index (κ1) is 19.9. The zero-order chi connectivity index (χ0) is 19.0. The molecule has 1 aliphatic heterocycles. The number of thioether (sulfide) groups is 1. The van der Waals surface area contributed by atoms with Crippen LogP contribution in [0.4, 0.5) is 0 Å². The van der Waals surface area contributed by atoms with Crippen LogP contribution < -0.4 is 0 Å². The Labute approximate surface area is 154 Å². The molecular weight excluding hydrogens is 334 g/mol. The fourth-order valence-electron chi connectivity index (χ4n) is 2.85. The van der Waals surface area contributed by atoms with Crippen molar-refractivity contribution >= 4 is 23.7 Å². The third-order valence-corrected chi connectivity index (χ3v) is 5.33. The number of nitrogens with zero attached hydrogens (tertiary/aromatic N) is 1. The quantitative estimate of drug-likeness (QED) is 0.801. The highest BCUT2D eigenvalue weighted by Gasteiger charge is 2.28. The monoisotopic (exact) mass is 363 g/mol. The SMILES string of the molecule is CC(C)(C)c1cc(C=C2SCN(CCO)C2=O)cc(C(C)(C)C)c1O. The van der Waals surface area contributed by atoms with Gasteiger partial charge in [0.2, 0.25) is 0 Å². The van der Waals surface area contributed by atoms with Crippen molar-refractivity contribution in [2.45, 2.75) is 52.4 Å². The lowest BCUT2D eigenvalue weighted by molar-refractivity contribution is -0.125. The number of amides is 1. The fourth-order valence-corrected chi connectivity index (χ4v) is 3.86. The van der Waals surface area contributed by atoms with Crippen molar-refractivity contribution in [2.24, 2.45) is 0 Å². The van der Waals surface area contributed by atoms with Gasteiger partial charge in [0.25, 0.3) is 5.91 Å². The van der Waals surface area contributed by atoms with Gasteiger partial charge in [-0.2, -0.15) is 0 Å². The Morgan fingerprint density at radius 1 is 1.12 bits per heavy atom. The van der Waals surface area contributed by atoms with Crippen LogP contribution >= 0.6 is 11.8 Å². The molecule has 5 heteroatoms. The standard InChI is InChI=1S/C20H29NO3S/c1-19(2,3)14-9-13(10-15(17(14)23)20(4,5)6)11-16-18(24)21(7-8-22)12-25-16/h9-11,22-23H,7-8,12H2,1-6H3. The Bertz CT molecular complexity index is 661. The molecule has 1 heterocycles. The van der Waals surface area contributed by atoms with Gasteiger partial charge in [0, 0.05) is 17.7 Å². The van der Waals surface area contributed by atoms with Crippen LogP contribution in [0.2, 0.25) is 0 Å². The van der Waals surface area contributed by atoms with Crippen molar-refractivity contribution in [3.63, 3.8) is 0 Å². The van der Waals surface area contributed by atoms with Gasteiger partial charge in [0.1, 0.15) is 5.75 Å². The summed E-state index contributed by atoms with van der Waals surface area (Å²) in [5.41, 5.74) is 2.29. The van der Waals surface area contributed by atoms with E-state index in [4.69, 9.17) is 5.11 Å². The summed E-state index contributed by atoms with van der Waals surface area (Å²) >= 11 is 1.49. The summed E-state index contributed by atoms with van der Waals surface area (Å²) < 4.78 is 0. The van der Waals surface area contributed by atoms with E-state index in [0.29, 0.717) is 23.1 Å². The molecule has 0 saturated carbocycles. The van der Waals surface area contributed by atoms with Crippen LogP contribution in [0.15, 0.2) is 17.0 Å². The van der Waals surface area contributed by atoms with Crippen LogP contribution in [0.1, 0.15) is 58.2 Å². The minimum absolute atomic E-state index is 0.0267. The van der Waals surface area contributed by atoms with E-state index < -0.39 is 0 Å². The summed E-state index contributed by atoms with van der Waals surface area (Å²) in [5, 5.41) is 19.8. The Morgan fingerprint density at radius 3 is 2.08 bits per heavy atom. The minimum Gasteiger partial charge on any atom is -0.507 e. The van der Waals surface area contributed by atoms with Crippen LogP contribution in [-0.2, 0) is 15.6 Å². The molecule has 1 amide bonds. The second-order valence-corrected chi connectivity index (χ2v) is 9.53. The van der Waals surface area contributed by atoms with Gasteiger partial charge in [0.05, 0.1) is 17.4 Å². The van der Waals surface area contributed by atoms with Crippen LogP contribution in [0.25, 0.3) is 6.08 Å². The minimum atomic E-state index is -0.200. The lowest BCUT2D eigenvalue weighted by Crippen LogP contribution is -2.27. The number of β-amino-alcohol motifs (C(OH)–C–C–N with tert-alkyl or cyclic N) is 1. The topological polar surface area (TPSA) is 60.8 Å². The van der Waals surface area contributed by atoms with Gasteiger partial charge in [0.15, 0.2) is 0 Å². The fraction of sp³-hybridized carbons (Fsp3) is 0.550. The van der Waals surface area contributed by atoms with E-state index in [1.54, 1.807) is 4.90 Å². The molecule has 1 aromatic rings. The molecule has 0 spiro atoms.